The zero-order valence-electron chi connectivity index (χ0n) is 9.96. The second kappa shape index (κ2) is 6.76. The van der Waals surface area contributed by atoms with Crippen LogP contribution in [0.5, 0.6) is 11.5 Å². The minimum Gasteiger partial charge on any atom is -0.493 e. The highest BCUT2D eigenvalue weighted by Crippen LogP contribution is 2.26. The number of hydrogen-bond acceptors (Lipinski definition) is 3. The van der Waals surface area contributed by atoms with Crippen molar-refractivity contribution in [2.24, 2.45) is 0 Å². The van der Waals surface area contributed by atoms with Crippen LogP contribution in [0.2, 0.25) is 0 Å². The molecule has 0 heterocycles. The zero-order chi connectivity index (χ0) is 11.8. The average Bonchev–Trinajstić information content (AvgIpc) is 2.34. The maximum atomic E-state index is 5.20. The lowest BCUT2D eigenvalue weighted by molar-refractivity contribution is 0.355. The third-order valence-corrected chi connectivity index (χ3v) is 2.08. The lowest BCUT2D eigenvalue weighted by atomic mass is 10.2. The molecule has 0 spiro atoms. The first-order chi connectivity index (χ1) is 7.81. The predicted octanol–water partition coefficient (Wildman–Crippen LogP) is 1.66. The number of benzene rings is 1. The van der Waals surface area contributed by atoms with Gasteiger partial charge in [0.25, 0.3) is 0 Å². The molecule has 1 aromatic rings. The zero-order valence-corrected chi connectivity index (χ0v) is 9.96. The molecule has 1 N–H and O–H groups in total. The van der Waals surface area contributed by atoms with Crippen molar-refractivity contribution in [1.82, 2.24) is 5.32 Å². The highest BCUT2D eigenvalue weighted by atomic mass is 16.5. The molecule has 0 saturated heterocycles. The molecule has 16 heavy (non-hydrogen) atoms. The first-order valence-electron chi connectivity index (χ1n) is 5.23. The van der Waals surface area contributed by atoms with Crippen LogP contribution in [-0.2, 0) is 0 Å². The average molecular weight is 219 g/mol. The van der Waals surface area contributed by atoms with Gasteiger partial charge < -0.3 is 14.8 Å². The molecule has 0 atom stereocenters. The summed E-state index contributed by atoms with van der Waals surface area (Å²) >= 11 is 0. The first-order valence-corrected chi connectivity index (χ1v) is 5.23. The van der Waals surface area contributed by atoms with Crippen molar-refractivity contribution in [2.75, 3.05) is 27.3 Å². The van der Waals surface area contributed by atoms with E-state index >= 15 is 0 Å². The second-order valence-corrected chi connectivity index (χ2v) is 3.15. The van der Waals surface area contributed by atoms with Gasteiger partial charge in [-0.2, -0.15) is 0 Å². The van der Waals surface area contributed by atoms with Crippen LogP contribution in [0.3, 0.4) is 0 Å². The van der Waals surface area contributed by atoms with E-state index in [1.807, 2.05) is 18.2 Å². The molecule has 0 unspecified atom stereocenters. The Kier molecular flexibility index (Phi) is 5.24. The van der Waals surface area contributed by atoms with Crippen LogP contribution in [-0.4, -0.2) is 27.3 Å². The van der Waals surface area contributed by atoms with Gasteiger partial charge in [-0.1, -0.05) is 18.8 Å². The predicted molar refractivity (Wildman–Crippen MR) is 65.0 cm³/mol. The fraction of sp³-hybridized carbons (Fsp3) is 0.385. The molecule has 0 bridgehead atoms. The summed E-state index contributed by atoms with van der Waals surface area (Å²) in [6.45, 7) is 3.68. The van der Waals surface area contributed by atoms with Gasteiger partial charge in [0.05, 0.1) is 20.8 Å². The summed E-state index contributed by atoms with van der Waals surface area (Å²) < 4.78 is 10.3. The van der Waals surface area contributed by atoms with Gasteiger partial charge in [-0.15, -0.1) is 0 Å². The molecule has 3 heteroatoms. The minimum absolute atomic E-state index is 0.699. The van der Waals surface area contributed by atoms with Crippen molar-refractivity contribution in [1.29, 1.82) is 0 Å². The monoisotopic (exact) mass is 219 g/mol. The number of methoxy groups -OCH3 is 2. The van der Waals surface area contributed by atoms with Gasteiger partial charge in [0.15, 0.2) is 11.5 Å². The number of nitrogens with one attached hydrogen (secondary N) is 1. The van der Waals surface area contributed by atoms with E-state index < -0.39 is 0 Å². The minimum atomic E-state index is 0.699. The van der Waals surface area contributed by atoms with E-state index in [9.17, 15) is 0 Å². The highest BCUT2D eigenvalue weighted by molar-refractivity contribution is 5.48. The summed E-state index contributed by atoms with van der Waals surface area (Å²) in [7, 11) is 3.24. The first kappa shape index (κ1) is 12.4. The standard InChI is InChI=1S/C13H17NO2/c1-4-14-9-5-6-11-7-8-12(15-2)13(10-11)16-3/h7-8,10,14H,4,9H2,1-3H3. The lowest BCUT2D eigenvalue weighted by Gasteiger charge is -2.06. The molecule has 0 aromatic heterocycles. The van der Waals surface area contributed by atoms with Gasteiger partial charge >= 0.3 is 0 Å². The maximum Gasteiger partial charge on any atom is 0.161 e. The molecule has 0 fully saturated rings. The smallest absolute Gasteiger partial charge is 0.161 e. The third kappa shape index (κ3) is 3.48. The molecule has 0 aliphatic rings. The Balaban J connectivity index is 2.77. The Morgan fingerprint density at radius 2 is 1.94 bits per heavy atom. The Labute approximate surface area is 96.8 Å². The van der Waals surface area contributed by atoms with Crippen molar-refractivity contribution < 1.29 is 9.47 Å². The molecule has 3 nitrogen and oxygen atoms in total. The summed E-state index contributed by atoms with van der Waals surface area (Å²) in [5.74, 6) is 7.52. The number of rotatable bonds is 4. The fourth-order valence-corrected chi connectivity index (χ4v) is 1.25. The fourth-order valence-electron chi connectivity index (χ4n) is 1.25. The van der Waals surface area contributed by atoms with E-state index in [0.29, 0.717) is 12.3 Å². The molecular weight excluding hydrogens is 202 g/mol. The van der Waals surface area contributed by atoms with E-state index in [-0.39, 0.29) is 0 Å². The molecular formula is C13H17NO2. The molecule has 0 radical (unpaired) electrons. The van der Waals surface area contributed by atoms with Crippen LogP contribution >= 0.6 is 0 Å². The van der Waals surface area contributed by atoms with Crippen molar-refractivity contribution in [2.45, 2.75) is 6.92 Å². The Morgan fingerprint density at radius 1 is 1.19 bits per heavy atom. The lowest BCUT2D eigenvalue weighted by Crippen LogP contribution is -2.11. The van der Waals surface area contributed by atoms with Crippen molar-refractivity contribution in [3.05, 3.63) is 23.8 Å². The van der Waals surface area contributed by atoms with Gasteiger partial charge in [-0.05, 0) is 24.7 Å². The molecule has 0 aliphatic carbocycles. The summed E-state index contributed by atoms with van der Waals surface area (Å²) in [4.78, 5) is 0. The largest absolute Gasteiger partial charge is 0.493 e. The second-order valence-electron chi connectivity index (χ2n) is 3.15. The molecule has 0 saturated carbocycles. The van der Waals surface area contributed by atoms with Crippen LogP contribution in [0.1, 0.15) is 12.5 Å². The Bertz CT molecular complexity index is 391. The topological polar surface area (TPSA) is 30.5 Å². The highest BCUT2D eigenvalue weighted by Gasteiger charge is 2.02. The molecule has 0 aliphatic heterocycles. The van der Waals surface area contributed by atoms with Crippen molar-refractivity contribution in [3.8, 4) is 23.3 Å². The molecule has 1 aromatic carbocycles. The van der Waals surface area contributed by atoms with E-state index in [1.54, 1.807) is 14.2 Å². The van der Waals surface area contributed by atoms with Gasteiger partial charge in [-0.25, -0.2) is 0 Å². The molecule has 0 amide bonds. The Hall–Kier alpha value is -1.66. The van der Waals surface area contributed by atoms with E-state index in [4.69, 9.17) is 9.47 Å². The molecule has 86 valence electrons. The maximum absolute atomic E-state index is 5.20. The van der Waals surface area contributed by atoms with Gasteiger partial charge in [0.1, 0.15) is 0 Å². The summed E-state index contributed by atoms with van der Waals surface area (Å²) in [5, 5.41) is 3.14. The summed E-state index contributed by atoms with van der Waals surface area (Å²) in [6, 6.07) is 5.65. The van der Waals surface area contributed by atoms with Crippen LogP contribution in [0, 0.1) is 11.8 Å². The number of hydrogen-bond donors (Lipinski definition) is 1. The van der Waals surface area contributed by atoms with Gasteiger partial charge in [0, 0.05) is 5.56 Å². The van der Waals surface area contributed by atoms with Crippen LogP contribution in [0.4, 0.5) is 0 Å². The number of ether oxygens (including phenoxy) is 2. The quantitative estimate of drug-likeness (QED) is 0.617. The van der Waals surface area contributed by atoms with E-state index in [1.165, 1.54) is 0 Å². The van der Waals surface area contributed by atoms with Gasteiger partial charge in [0.2, 0.25) is 0 Å². The van der Waals surface area contributed by atoms with Crippen molar-refractivity contribution in [3.63, 3.8) is 0 Å². The van der Waals surface area contributed by atoms with Crippen LogP contribution in [0.15, 0.2) is 18.2 Å². The van der Waals surface area contributed by atoms with E-state index in [0.717, 1.165) is 17.9 Å². The summed E-state index contributed by atoms with van der Waals surface area (Å²) in [5.41, 5.74) is 0.926. The summed E-state index contributed by atoms with van der Waals surface area (Å²) in [6.07, 6.45) is 0. The van der Waals surface area contributed by atoms with Crippen LogP contribution in [0.25, 0.3) is 0 Å². The SMILES string of the molecule is CCNCC#Cc1ccc(OC)c(OC)c1. The van der Waals surface area contributed by atoms with Crippen molar-refractivity contribution >= 4 is 0 Å². The Morgan fingerprint density at radius 3 is 2.56 bits per heavy atom. The van der Waals surface area contributed by atoms with Crippen LogP contribution < -0.4 is 14.8 Å². The third-order valence-electron chi connectivity index (χ3n) is 2.08. The van der Waals surface area contributed by atoms with E-state index in [2.05, 4.69) is 24.1 Å². The van der Waals surface area contributed by atoms with Gasteiger partial charge in [-0.3, -0.25) is 0 Å². The normalized spacial score (nSPS) is 9.19. The molecule has 1 rings (SSSR count).